The Balaban J connectivity index is 1.84. The molecule has 1 aliphatic carbocycles. The van der Waals surface area contributed by atoms with Crippen LogP contribution in [0.4, 0.5) is 4.39 Å². The van der Waals surface area contributed by atoms with E-state index in [1.165, 1.54) is 12.3 Å². The third kappa shape index (κ3) is 2.02. The first-order valence-electron chi connectivity index (χ1n) is 7.83. The fraction of sp³-hybridized carbons (Fsp3) is 0.438. The summed E-state index contributed by atoms with van der Waals surface area (Å²) < 4.78 is 20.5. The van der Waals surface area contributed by atoms with E-state index in [0.29, 0.717) is 5.70 Å². The summed E-state index contributed by atoms with van der Waals surface area (Å²) in [4.78, 5) is 28.9. The van der Waals surface area contributed by atoms with E-state index in [2.05, 4.69) is 10.3 Å². The predicted molar refractivity (Wildman–Crippen MR) is 81.6 cm³/mol. The molecule has 0 saturated carbocycles. The van der Waals surface area contributed by atoms with E-state index in [4.69, 9.17) is 4.74 Å². The van der Waals surface area contributed by atoms with Crippen molar-refractivity contribution < 1.29 is 23.8 Å². The van der Waals surface area contributed by atoms with Crippen molar-refractivity contribution in [2.24, 2.45) is 4.99 Å². The van der Waals surface area contributed by atoms with Gasteiger partial charge in [0.05, 0.1) is 17.8 Å². The Morgan fingerprint density at radius 1 is 1.54 bits per heavy atom. The molecule has 3 atom stereocenters. The van der Waals surface area contributed by atoms with Gasteiger partial charge in [0.15, 0.2) is 6.10 Å². The van der Waals surface area contributed by atoms with Crippen LogP contribution in [0.25, 0.3) is 0 Å². The molecule has 1 saturated heterocycles. The van der Waals surface area contributed by atoms with Gasteiger partial charge in [0.1, 0.15) is 17.8 Å². The number of fused-ring (bicyclic) bond motifs is 5. The molecular formula is C16H16FN3O4. The van der Waals surface area contributed by atoms with Crippen molar-refractivity contribution in [1.29, 1.82) is 0 Å². The zero-order chi connectivity index (χ0) is 17.0. The van der Waals surface area contributed by atoms with E-state index in [-0.39, 0.29) is 11.7 Å². The highest BCUT2D eigenvalue weighted by atomic mass is 19.1. The maximum absolute atomic E-state index is 14.8. The quantitative estimate of drug-likeness (QED) is 0.742. The molecule has 3 unspecified atom stereocenters. The number of aliphatic imine (C=N–C) groups is 1. The van der Waals surface area contributed by atoms with Gasteiger partial charge in [-0.3, -0.25) is 14.7 Å². The molecule has 24 heavy (non-hydrogen) atoms. The Morgan fingerprint density at radius 2 is 2.33 bits per heavy atom. The molecule has 0 aromatic carbocycles. The fourth-order valence-electron chi connectivity index (χ4n) is 3.62. The summed E-state index contributed by atoms with van der Waals surface area (Å²) >= 11 is 0. The number of nitrogens with zero attached hydrogens (tertiary/aromatic N) is 2. The number of carbonyl (C=O) groups excluding carboxylic acids is 1. The third-order valence-electron chi connectivity index (χ3n) is 4.73. The van der Waals surface area contributed by atoms with Gasteiger partial charge in [-0.2, -0.15) is 0 Å². The summed E-state index contributed by atoms with van der Waals surface area (Å²) in [6, 6.07) is -0.832. The van der Waals surface area contributed by atoms with Crippen molar-refractivity contribution in [2.45, 2.75) is 38.0 Å². The summed E-state index contributed by atoms with van der Waals surface area (Å²) in [7, 11) is 0. The Kier molecular flexibility index (Phi) is 3.31. The van der Waals surface area contributed by atoms with Crippen LogP contribution in [0.2, 0.25) is 0 Å². The second-order valence-electron chi connectivity index (χ2n) is 6.19. The molecule has 2 N–H and O–H groups in total. The minimum absolute atomic E-state index is 0.0566. The van der Waals surface area contributed by atoms with E-state index in [9.17, 15) is 19.1 Å². The summed E-state index contributed by atoms with van der Waals surface area (Å²) in [5.41, 5.74) is 0.709. The highest BCUT2D eigenvalue weighted by Crippen LogP contribution is 2.40. The van der Waals surface area contributed by atoms with E-state index in [1.807, 2.05) is 0 Å². The molecule has 3 aliphatic heterocycles. The van der Waals surface area contributed by atoms with Crippen LogP contribution in [0.3, 0.4) is 0 Å². The lowest BCUT2D eigenvalue weighted by molar-refractivity contribution is -0.132. The largest absolute Gasteiger partial charge is 0.488 e. The van der Waals surface area contributed by atoms with Crippen molar-refractivity contribution in [3.8, 4) is 0 Å². The lowest BCUT2D eigenvalue weighted by Crippen LogP contribution is -2.56. The molecule has 0 aromatic rings. The van der Waals surface area contributed by atoms with E-state index in [0.717, 1.165) is 29.9 Å². The van der Waals surface area contributed by atoms with Crippen LogP contribution in [-0.4, -0.2) is 52.3 Å². The van der Waals surface area contributed by atoms with Crippen LogP contribution in [0.5, 0.6) is 0 Å². The van der Waals surface area contributed by atoms with Crippen LogP contribution >= 0.6 is 0 Å². The molecule has 0 spiro atoms. The molecule has 0 radical (unpaired) electrons. The molecule has 7 nitrogen and oxygen atoms in total. The Morgan fingerprint density at radius 3 is 3.08 bits per heavy atom. The minimum Gasteiger partial charge on any atom is -0.488 e. The highest BCUT2D eigenvalue weighted by Gasteiger charge is 2.48. The van der Waals surface area contributed by atoms with Crippen LogP contribution in [0.15, 0.2) is 40.1 Å². The van der Waals surface area contributed by atoms with Gasteiger partial charge < -0.3 is 15.2 Å². The predicted octanol–water partition coefficient (Wildman–Crippen LogP) is 0.856. The fourth-order valence-corrected chi connectivity index (χ4v) is 3.62. The minimum atomic E-state index is -1.42. The molecule has 3 heterocycles. The van der Waals surface area contributed by atoms with Crippen LogP contribution in [-0.2, 0) is 14.3 Å². The normalized spacial score (nSPS) is 31.9. The molecule has 0 bridgehead atoms. The lowest BCUT2D eigenvalue weighted by Gasteiger charge is -2.45. The van der Waals surface area contributed by atoms with Gasteiger partial charge in [0, 0.05) is 0 Å². The molecule has 0 aromatic heterocycles. The smallest absolute Gasteiger partial charge is 0.359 e. The second kappa shape index (κ2) is 5.27. The molecule has 4 rings (SSSR count). The number of hydrogen-bond acceptors (Lipinski definition) is 5. The number of rotatable bonds is 1. The molecular weight excluding hydrogens is 317 g/mol. The lowest BCUT2D eigenvalue weighted by atomic mass is 9.85. The molecule has 8 heteroatoms. The highest BCUT2D eigenvalue weighted by molar-refractivity contribution is 6.64. The van der Waals surface area contributed by atoms with Gasteiger partial charge in [-0.15, -0.1) is 0 Å². The first-order valence-corrected chi connectivity index (χ1v) is 7.83. The summed E-state index contributed by atoms with van der Waals surface area (Å²) in [6.45, 7) is 2.42. The number of piperidine rings is 1. The number of aliphatic carboxylic acids is 1. The van der Waals surface area contributed by atoms with Crippen molar-refractivity contribution in [3.05, 3.63) is 35.1 Å². The number of halogens is 1. The van der Waals surface area contributed by atoms with Gasteiger partial charge in [-0.05, 0) is 38.0 Å². The van der Waals surface area contributed by atoms with E-state index < -0.39 is 35.6 Å². The third-order valence-corrected chi connectivity index (χ3v) is 4.73. The van der Waals surface area contributed by atoms with Crippen LogP contribution in [0.1, 0.15) is 19.8 Å². The number of amides is 1. The zero-order valence-electron chi connectivity index (χ0n) is 13.0. The van der Waals surface area contributed by atoms with Crippen LogP contribution in [0, 0.1) is 0 Å². The molecule has 1 fully saturated rings. The van der Waals surface area contributed by atoms with E-state index >= 15 is 0 Å². The van der Waals surface area contributed by atoms with Crippen molar-refractivity contribution in [3.63, 3.8) is 0 Å². The molecule has 1 amide bonds. The summed E-state index contributed by atoms with van der Waals surface area (Å²) in [5, 5.41) is 12.5. The molecule has 4 aliphatic rings. The van der Waals surface area contributed by atoms with Crippen LogP contribution < -0.4 is 5.32 Å². The van der Waals surface area contributed by atoms with Gasteiger partial charge in [0.25, 0.3) is 5.91 Å². The second-order valence-corrected chi connectivity index (χ2v) is 6.19. The number of carboxylic acids is 1. The number of hydrogen-bond donors (Lipinski definition) is 2. The number of carbonyl (C=O) groups is 2. The zero-order valence-corrected chi connectivity index (χ0v) is 13.0. The van der Waals surface area contributed by atoms with Gasteiger partial charge in [-0.1, -0.05) is 0 Å². The summed E-state index contributed by atoms with van der Waals surface area (Å²) in [5.74, 6) is -2.82. The number of nitrogens with one attached hydrogen (secondary N) is 1. The number of allylic oxidation sites excluding steroid dienone is 2. The van der Waals surface area contributed by atoms with Crippen molar-refractivity contribution >= 4 is 17.6 Å². The van der Waals surface area contributed by atoms with Gasteiger partial charge in [-0.25, -0.2) is 9.18 Å². The standard InChI is InChI=1S/C16H16FN3O4/c1-7-10-6-24-14-11-8(3-2-4-18-11)5-9(17)13(14)20(10)15(21)12(19-7)16(22)23/h5-7,11,14,18H,2-4H2,1H3,(H,22,23). The van der Waals surface area contributed by atoms with Gasteiger partial charge in [0.2, 0.25) is 5.71 Å². The molecule has 126 valence electrons. The SMILES string of the molecule is CC1N=C(C(=O)O)C(=O)N2C1=COC1C2=C(F)C=C2CCCNC21. The Hall–Kier alpha value is -2.48. The average Bonchev–Trinajstić information content (AvgIpc) is 2.57. The maximum Gasteiger partial charge on any atom is 0.359 e. The van der Waals surface area contributed by atoms with Crippen molar-refractivity contribution in [1.82, 2.24) is 10.2 Å². The van der Waals surface area contributed by atoms with Crippen molar-refractivity contribution in [2.75, 3.05) is 6.54 Å². The average molecular weight is 333 g/mol. The topological polar surface area (TPSA) is 91.2 Å². The Labute approximate surface area is 137 Å². The Bertz CT molecular complexity index is 767. The first-order chi connectivity index (χ1) is 11.5. The first kappa shape index (κ1) is 15.1. The number of carboxylic acid groups (broad SMARTS) is 1. The monoisotopic (exact) mass is 333 g/mol. The number of ether oxygens (including phenoxy) is 1. The maximum atomic E-state index is 14.8. The summed E-state index contributed by atoms with van der Waals surface area (Å²) in [6.07, 6.45) is 3.80. The van der Waals surface area contributed by atoms with Gasteiger partial charge >= 0.3 is 5.97 Å². The van der Waals surface area contributed by atoms with E-state index in [1.54, 1.807) is 6.92 Å².